The smallest absolute Gasteiger partial charge is 0.296 e. The van der Waals surface area contributed by atoms with Crippen molar-refractivity contribution in [2.24, 2.45) is 0 Å². The van der Waals surface area contributed by atoms with Crippen molar-refractivity contribution in [1.82, 2.24) is 4.90 Å². The summed E-state index contributed by atoms with van der Waals surface area (Å²) < 4.78 is 17.0. The Balaban J connectivity index is 1.32. The van der Waals surface area contributed by atoms with E-state index in [0.717, 1.165) is 51.1 Å². The van der Waals surface area contributed by atoms with Crippen LogP contribution in [0.2, 0.25) is 0 Å². The first-order chi connectivity index (χ1) is 18.6. The fourth-order valence-electron chi connectivity index (χ4n) is 5.52. The Labute approximate surface area is 224 Å². The van der Waals surface area contributed by atoms with Crippen LogP contribution in [-0.2, 0) is 9.53 Å². The van der Waals surface area contributed by atoms with Crippen LogP contribution in [0.25, 0.3) is 10.8 Å². The van der Waals surface area contributed by atoms with Crippen LogP contribution in [0.15, 0.2) is 54.6 Å². The SMILES string of the molecule is COc1ccc(C2CCCCC2)cc1NC(=O)C(=O)c1ccc(OCCN2CCOCC2)c2ccccc12. The van der Waals surface area contributed by atoms with Gasteiger partial charge >= 0.3 is 0 Å². The second kappa shape index (κ2) is 12.4. The van der Waals surface area contributed by atoms with Crippen LogP contribution < -0.4 is 14.8 Å². The predicted molar refractivity (Wildman–Crippen MR) is 148 cm³/mol. The minimum absolute atomic E-state index is 0.348. The number of hydrogen-bond donors (Lipinski definition) is 1. The summed E-state index contributed by atoms with van der Waals surface area (Å²) in [5, 5.41) is 4.33. The van der Waals surface area contributed by atoms with Gasteiger partial charge in [-0.2, -0.15) is 0 Å². The summed E-state index contributed by atoms with van der Waals surface area (Å²) in [4.78, 5) is 28.9. The summed E-state index contributed by atoms with van der Waals surface area (Å²) in [5.74, 6) is 0.439. The molecular weight excluding hydrogens is 480 g/mol. The van der Waals surface area contributed by atoms with Gasteiger partial charge < -0.3 is 19.5 Å². The molecule has 1 aliphatic carbocycles. The van der Waals surface area contributed by atoms with Crippen molar-refractivity contribution in [2.75, 3.05) is 51.9 Å². The Morgan fingerprint density at radius 3 is 2.45 bits per heavy atom. The first kappa shape index (κ1) is 26.2. The van der Waals surface area contributed by atoms with Gasteiger partial charge in [-0.1, -0.05) is 49.6 Å². The number of rotatable bonds is 9. The molecule has 7 nitrogen and oxygen atoms in total. The van der Waals surface area contributed by atoms with Crippen molar-refractivity contribution >= 4 is 28.2 Å². The number of amides is 1. The molecule has 1 aliphatic heterocycles. The lowest BCUT2D eigenvalue weighted by Gasteiger charge is -2.26. The van der Waals surface area contributed by atoms with Crippen LogP contribution in [0.1, 0.15) is 53.9 Å². The molecule has 1 saturated heterocycles. The molecule has 0 aromatic heterocycles. The van der Waals surface area contributed by atoms with E-state index in [1.807, 2.05) is 36.4 Å². The fraction of sp³-hybridized carbons (Fsp3) is 0.419. The predicted octanol–water partition coefficient (Wildman–Crippen LogP) is 5.43. The maximum absolute atomic E-state index is 13.4. The Morgan fingerprint density at radius 2 is 1.68 bits per heavy atom. The number of hydrogen-bond acceptors (Lipinski definition) is 6. The van der Waals surface area contributed by atoms with Crippen molar-refractivity contribution < 1.29 is 23.8 Å². The van der Waals surface area contributed by atoms with Crippen LogP contribution >= 0.6 is 0 Å². The van der Waals surface area contributed by atoms with Crippen molar-refractivity contribution in [1.29, 1.82) is 0 Å². The van der Waals surface area contributed by atoms with E-state index < -0.39 is 11.7 Å². The minimum Gasteiger partial charge on any atom is -0.495 e. The van der Waals surface area contributed by atoms with Gasteiger partial charge in [0.1, 0.15) is 18.1 Å². The molecule has 2 fully saturated rings. The van der Waals surface area contributed by atoms with Crippen molar-refractivity contribution in [3.63, 3.8) is 0 Å². The highest BCUT2D eigenvalue weighted by Crippen LogP contribution is 2.36. The molecule has 2 aliphatic rings. The summed E-state index contributed by atoms with van der Waals surface area (Å²) in [6, 6.07) is 16.9. The zero-order valence-electron chi connectivity index (χ0n) is 22.0. The summed E-state index contributed by atoms with van der Waals surface area (Å²) in [6.07, 6.45) is 6.00. The largest absolute Gasteiger partial charge is 0.495 e. The number of ketones is 1. The lowest BCUT2D eigenvalue weighted by atomic mass is 9.84. The van der Waals surface area contributed by atoms with Gasteiger partial charge in [-0.05, 0) is 54.0 Å². The van der Waals surface area contributed by atoms with Crippen LogP contribution in [0.5, 0.6) is 11.5 Å². The number of anilines is 1. The number of fused-ring (bicyclic) bond motifs is 1. The molecule has 1 amide bonds. The molecular formula is C31H36N2O5. The Hall–Kier alpha value is -3.42. The number of morpholine rings is 1. The summed E-state index contributed by atoms with van der Waals surface area (Å²) >= 11 is 0. The molecule has 0 spiro atoms. The molecule has 7 heteroatoms. The molecule has 1 heterocycles. The number of ether oxygens (including phenoxy) is 3. The molecule has 0 bridgehead atoms. The van der Waals surface area contributed by atoms with Crippen LogP contribution in [0, 0.1) is 0 Å². The summed E-state index contributed by atoms with van der Waals surface area (Å²) in [6.45, 7) is 4.65. The molecule has 200 valence electrons. The molecule has 0 unspecified atom stereocenters. The van der Waals surface area contributed by atoms with Gasteiger partial charge in [-0.25, -0.2) is 0 Å². The second-order valence-corrected chi connectivity index (χ2v) is 10.0. The fourth-order valence-corrected chi connectivity index (χ4v) is 5.52. The first-order valence-electron chi connectivity index (χ1n) is 13.6. The normalized spacial score (nSPS) is 16.8. The number of carbonyl (C=O) groups is 2. The second-order valence-electron chi connectivity index (χ2n) is 10.0. The van der Waals surface area contributed by atoms with Gasteiger partial charge in [0, 0.05) is 30.6 Å². The van der Waals surface area contributed by atoms with E-state index in [1.165, 1.54) is 24.8 Å². The highest BCUT2D eigenvalue weighted by Gasteiger charge is 2.23. The average molecular weight is 517 g/mol. The zero-order chi connectivity index (χ0) is 26.3. The third-order valence-corrected chi connectivity index (χ3v) is 7.65. The molecule has 38 heavy (non-hydrogen) atoms. The highest BCUT2D eigenvalue weighted by atomic mass is 16.5. The number of nitrogens with one attached hydrogen (secondary N) is 1. The van der Waals surface area contributed by atoms with E-state index in [0.29, 0.717) is 40.7 Å². The molecule has 0 atom stereocenters. The third-order valence-electron chi connectivity index (χ3n) is 7.65. The lowest BCUT2D eigenvalue weighted by Crippen LogP contribution is -2.38. The van der Waals surface area contributed by atoms with E-state index in [4.69, 9.17) is 14.2 Å². The maximum atomic E-state index is 13.4. The number of methoxy groups -OCH3 is 1. The van der Waals surface area contributed by atoms with E-state index in [1.54, 1.807) is 19.2 Å². The topological polar surface area (TPSA) is 77.1 Å². The van der Waals surface area contributed by atoms with Crippen molar-refractivity contribution in [2.45, 2.75) is 38.0 Å². The Kier molecular flexibility index (Phi) is 8.56. The third kappa shape index (κ3) is 6.00. The number of benzene rings is 3. The first-order valence-corrected chi connectivity index (χ1v) is 13.6. The van der Waals surface area contributed by atoms with Gasteiger partial charge in [0.25, 0.3) is 11.7 Å². The summed E-state index contributed by atoms with van der Waals surface area (Å²) in [7, 11) is 1.57. The average Bonchev–Trinajstić information content (AvgIpc) is 2.98. The van der Waals surface area contributed by atoms with E-state index in [2.05, 4.69) is 16.3 Å². The highest BCUT2D eigenvalue weighted by molar-refractivity contribution is 6.48. The molecule has 3 aromatic carbocycles. The molecule has 1 saturated carbocycles. The van der Waals surface area contributed by atoms with E-state index in [9.17, 15) is 9.59 Å². The van der Waals surface area contributed by atoms with E-state index >= 15 is 0 Å². The minimum atomic E-state index is -0.685. The monoisotopic (exact) mass is 516 g/mol. The standard InChI is InChI=1S/C31H36N2O5/c1-36-29-13-11-23(22-7-3-2-4-8-22)21-27(29)32-31(35)30(34)26-12-14-28(25-10-6-5-9-24(25)26)38-20-17-33-15-18-37-19-16-33/h5-6,9-14,21-22H,2-4,7-8,15-20H2,1H3,(H,32,35). The van der Waals surface area contributed by atoms with Gasteiger partial charge in [-0.3, -0.25) is 14.5 Å². The van der Waals surface area contributed by atoms with Crippen LogP contribution in [0.3, 0.4) is 0 Å². The zero-order valence-corrected chi connectivity index (χ0v) is 22.0. The number of nitrogens with zero attached hydrogens (tertiary/aromatic N) is 1. The van der Waals surface area contributed by atoms with Gasteiger partial charge in [-0.15, -0.1) is 0 Å². The van der Waals surface area contributed by atoms with Crippen molar-refractivity contribution in [3.05, 3.63) is 65.7 Å². The summed E-state index contributed by atoms with van der Waals surface area (Å²) in [5.41, 5.74) is 2.06. The van der Waals surface area contributed by atoms with Crippen LogP contribution in [-0.4, -0.2) is 63.2 Å². The lowest BCUT2D eigenvalue weighted by molar-refractivity contribution is -0.112. The van der Waals surface area contributed by atoms with E-state index in [-0.39, 0.29) is 0 Å². The quantitative estimate of drug-likeness (QED) is 0.302. The molecule has 5 rings (SSSR count). The number of carbonyl (C=O) groups excluding carboxylic acids is 2. The molecule has 3 aromatic rings. The van der Waals surface area contributed by atoms with Crippen LogP contribution in [0.4, 0.5) is 5.69 Å². The Morgan fingerprint density at radius 1 is 0.947 bits per heavy atom. The van der Waals surface area contributed by atoms with Gasteiger partial charge in [0.15, 0.2) is 0 Å². The van der Waals surface area contributed by atoms with Gasteiger partial charge in [0.05, 0.1) is 26.0 Å². The Bertz CT molecular complexity index is 1280. The maximum Gasteiger partial charge on any atom is 0.296 e. The molecule has 1 N–H and O–H groups in total. The van der Waals surface area contributed by atoms with Crippen molar-refractivity contribution in [3.8, 4) is 11.5 Å². The molecule has 0 radical (unpaired) electrons. The number of Topliss-reactive ketones (excluding diaryl/α,β-unsaturated/α-hetero) is 1. The van der Waals surface area contributed by atoms with Gasteiger partial charge in [0.2, 0.25) is 0 Å².